The summed E-state index contributed by atoms with van der Waals surface area (Å²) in [5.41, 5.74) is 0.232. The van der Waals surface area contributed by atoms with Gasteiger partial charge in [-0.15, -0.1) is 0 Å². The standard InChI is InChI=1S/C24H32FN3O3/c1-17(2)14-27-15-19(13-22(27)30)23(31)26-11-9-24(10-12-26)8-7-21(29)28(24)16-18-5-3-4-6-20(18)25/h3-6,17,19H,7-16H2,1-2H3. The molecule has 0 saturated carbocycles. The Labute approximate surface area is 183 Å². The first-order valence-electron chi connectivity index (χ1n) is 11.4. The summed E-state index contributed by atoms with van der Waals surface area (Å²) in [5, 5.41) is 0. The van der Waals surface area contributed by atoms with E-state index in [-0.39, 0.29) is 41.5 Å². The molecule has 0 N–H and O–H groups in total. The molecule has 7 heteroatoms. The van der Waals surface area contributed by atoms with Gasteiger partial charge in [0, 0.05) is 56.7 Å². The van der Waals surface area contributed by atoms with Crippen molar-refractivity contribution in [2.45, 2.75) is 58.0 Å². The third kappa shape index (κ3) is 4.32. The Morgan fingerprint density at radius 1 is 1.13 bits per heavy atom. The summed E-state index contributed by atoms with van der Waals surface area (Å²) in [4.78, 5) is 43.5. The highest BCUT2D eigenvalue weighted by Gasteiger charge is 2.48. The molecule has 1 unspecified atom stereocenters. The van der Waals surface area contributed by atoms with Crippen LogP contribution < -0.4 is 0 Å². The Morgan fingerprint density at radius 2 is 1.84 bits per heavy atom. The molecule has 1 aromatic rings. The highest BCUT2D eigenvalue weighted by molar-refractivity contribution is 5.89. The fourth-order valence-electron chi connectivity index (χ4n) is 5.40. The zero-order valence-corrected chi connectivity index (χ0v) is 18.5. The maximum Gasteiger partial charge on any atom is 0.227 e. The van der Waals surface area contributed by atoms with Crippen LogP contribution in [0.2, 0.25) is 0 Å². The second-order valence-electron chi connectivity index (χ2n) is 9.71. The van der Waals surface area contributed by atoms with Gasteiger partial charge in [0.25, 0.3) is 0 Å². The minimum atomic E-state index is -0.300. The third-order valence-corrected chi connectivity index (χ3v) is 7.12. The summed E-state index contributed by atoms with van der Waals surface area (Å²) in [6.07, 6.45) is 2.94. The van der Waals surface area contributed by atoms with Crippen molar-refractivity contribution in [2.75, 3.05) is 26.2 Å². The number of hydrogen-bond donors (Lipinski definition) is 0. The Balaban J connectivity index is 1.39. The summed E-state index contributed by atoms with van der Waals surface area (Å²) in [7, 11) is 0. The topological polar surface area (TPSA) is 60.9 Å². The molecule has 0 radical (unpaired) electrons. The van der Waals surface area contributed by atoms with E-state index in [0.717, 1.165) is 6.42 Å². The van der Waals surface area contributed by atoms with E-state index in [0.29, 0.717) is 63.3 Å². The van der Waals surface area contributed by atoms with Gasteiger partial charge in [-0.2, -0.15) is 0 Å². The predicted molar refractivity (Wildman–Crippen MR) is 114 cm³/mol. The lowest BCUT2D eigenvalue weighted by Crippen LogP contribution is -2.54. The normalized spacial score (nSPS) is 23.5. The van der Waals surface area contributed by atoms with Gasteiger partial charge in [0.2, 0.25) is 17.7 Å². The number of nitrogens with zero attached hydrogens (tertiary/aromatic N) is 3. The van der Waals surface area contributed by atoms with Crippen LogP contribution in [0.4, 0.5) is 4.39 Å². The molecule has 3 aliphatic rings. The third-order valence-electron chi connectivity index (χ3n) is 7.12. The van der Waals surface area contributed by atoms with Crippen molar-refractivity contribution in [3.05, 3.63) is 35.6 Å². The number of carbonyl (C=O) groups is 3. The molecule has 168 valence electrons. The van der Waals surface area contributed by atoms with Gasteiger partial charge in [0.15, 0.2) is 0 Å². The number of halogens is 1. The minimum Gasteiger partial charge on any atom is -0.342 e. The van der Waals surface area contributed by atoms with Crippen molar-refractivity contribution in [2.24, 2.45) is 11.8 Å². The first-order valence-corrected chi connectivity index (χ1v) is 11.4. The first kappa shape index (κ1) is 21.8. The van der Waals surface area contributed by atoms with E-state index in [2.05, 4.69) is 13.8 Å². The van der Waals surface area contributed by atoms with Crippen LogP contribution in [0.25, 0.3) is 0 Å². The van der Waals surface area contributed by atoms with Crippen LogP contribution in [0.3, 0.4) is 0 Å². The van der Waals surface area contributed by atoms with Crippen molar-refractivity contribution in [3.8, 4) is 0 Å². The fraction of sp³-hybridized carbons (Fsp3) is 0.625. The number of benzene rings is 1. The van der Waals surface area contributed by atoms with Crippen LogP contribution in [-0.2, 0) is 20.9 Å². The molecule has 0 bridgehead atoms. The lowest BCUT2D eigenvalue weighted by molar-refractivity contribution is -0.140. The summed E-state index contributed by atoms with van der Waals surface area (Å²) >= 11 is 0. The van der Waals surface area contributed by atoms with E-state index in [9.17, 15) is 18.8 Å². The first-order chi connectivity index (χ1) is 14.8. The fourth-order valence-corrected chi connectivity index (χ4v) is 5.40. The van der Waals surface area contributed by atoms with Crippen LogP contribution in [0.1, 0.15) is 51.5 Å². The summed E-state index contributed by atoms with van der Waals surface area (Å²) < 4.78 is 14.2. The lowest BCUT2D eigenvalue weighted by Gasteiger charge is -2.45. The van der Waals surface area contributed by atoms with Crippen molar-refractivity contribution in [1.29, 1.82) is 0 Å². The van der Waals surface area contributed by atoms with Gasteiger partial charge >= 0.3 is 0 Å². The van der Waals surface area contributed by atoms with E-state index in [4.69, 9.17) is 0 Å². The van der Waals surface area contributed by atoms with Gasteiger partial charge in [0.05, 0.1) is 5.92 Å². The van der Waals surface area contributed by atoms with Crippen LogP contribution in [-0.4, -0.2) is 64.1 Å². The largest absolute Gasteiger partial charge is 0.342 e. The number of carbonyl (C=O) groups excluding carboxylic acids is 3. The van der Waals surface area contributed by atoms with Crippen LogP contribution >= 0.6 is 0 Å². The second kappa shape index (κ2) is 8.60. The predicted octanol–water partition coefficient (Wildman–Crippen LogP) is 2.81. The Kier molecular flexibility index (Phi) is 6.04. The van der Waals surface area contributed by atoms with E-state index in [1.54, 1.807) is 18.2 Å². The van der Waals surface area contributed by atoms with Crippen molar-refractivity contribution < 1.29 is 18.8 Å². The molecule has 6 nitrogen and oxygen atoms in total. The van der Waals surface area contributed by atoms with E-state index >= 15 is 0 Å². The number of likely N-dealkylation sites (tertiary alicyclic amines) is 3. The molecule has 0 aromatic heterocycles. The van der Waals surface area contributed by atoms with E-state index < -0.39 is 0 Å². The zero-order valence-electron chi connectivity index (χ0n) is 18.5. The van der Waals surface area contributed by atoms with Crippen molar-refractivity contribution >= 4 is 17.7 Å². The molecule has 4 rings (SSSR count). The van der Waals surface area contributed by atoms with Crippen LogP contribution in [0, 0.1) is 17.7 Å². The number of rotatable bonds is 5. The average Bonchev–Trinajstić information content (AvgIpc) is 3.24. The Morgan fingerprint density at radius 3 is 2.52 bits per heavy atom. The van der Waals surface area contributed by atoms with Gasteiger partial charge in [-0.05, 0) is 31.2 Å². The Hall–Kier alpha value is -2.44. The smallest absolute Gasteiger partial charge is 0.227 e. The molecule has 0 aliphatic carbocycles. The quantitative estimate of drug-likeness (QED) is 0.723. The molecule has 3 saturated heterocycles. The summed E-state index contributed by atoms with van der Waals surface area (Å²) in [5.74, 6) is 0.0148. The van der Waals surface area contributed by atoms with E-state index in [1.807, 2.05) is 14.7 Å². The van der Waals surface area contributed by atoms with Gasteiger partial charge in [0.1, 0.15) is 5.82 Å². The van der Waals surface area contributed by atoms with E-state index in [1.165, 1.54) is 6.07 Å². The number of hydrogen-bond acceptors (Lipinski definition) is 3. The Bertz CT molecular complexity index is 863. The molecule has 3 fully saturated rings. The second-order valence-corrected chi connectivity index (χ2v) is 9.71. The van der Waals surface area contributed by atoms with Crippen molar-refractivity contribution in [3.63, 3.8) is 0 Å². The molecule has 1 spiro atoms. The van der Waals surface area contributed by atoms with Crippen LogP contribution in [0.5, 0.6) is 0 Å². The monoisotopic (exact) mass is 429 g/mol. The number of piperidine rings is 1. The molecule has 1 aromatic carbocycles. The highest BCUT2D eigenvalue weighted by atomic mass is 19.1. The maximum absolute atomic E-state index is 14.2. The molecule has 31 heavy (non-hydrogen) atoms. The summed E-state index contributed by atoms with van der Waals surface area (Å²) in [6.45, 7) is 6.78. The number of amides is 3. The van der Waals surface area contributed by atoms with Gasteiger partial charge in [-0.25, -0.2) is 4.39 Å². The maximum atomic E-state index is 14.2. The minimum absolute atomic E-state index is 0.0550. The van der Waals surface area contributed by atoms with Crippen molar-refractivity contribution in [1.82, 2.24) is 14.7 Å². The lowest BCUT2D eigenvalue weighted by atomic mass is 9.84. The highest BCUT2D eigenvalue weighted by Crippen LogP contribution is 2.40. The SMILES string of the molecule is CC(C)CN1CC(C(=O)N2CCC3(CCC(=O)N3Cc3ccccc3F)CC2)CC1=O. The van der Waals surface area contributed by atoms with Crippen LogP contribution in [0.15, 0.2) is 24.3 Å². The molecule has 3 aliphatic heterocycles. The van der Waals surface area contributed by atoms with Gasteiger partial charge in [-0.3, -0.25) is 14.4 Å². The van der Waals surface area contributed by atoms with Gasteiger partial charge in [-0.1, -0.05) is 32.0 Å². The molecule has 1 atom stereocenters. The molecular weight excluding hydrogens is 397 g/mol. The van der Waals surface area contributed by atoms with Gasteiger partial charge < -0.3 is 14.7 Å². The molecular formula is C24H32FN3O3. The average molecular weight is 430 g/mol. The molecule has 3 amide bonds. The zero-order chi connectivity index (χ0) is 22.2. The summed E-state index contributed by atoms with van der Waals surface area (Å²) in [6, 6.07) is 6.60. The molecule has 3 heterocycles.